The summed E-state index contributed by atoms with van der Waals surface area (Å²) in [7, 11) is 13.1. The number of allylic oxidation sites excluding steroid dienone is 17. The van der Waals surface area contributed by atoms with E-state index >= 15 is 0 Å². The van der Waals surface area contributed by atoms with Gasteiger partial charge in [-0.15, -0.1) is 0 Å². The Morgan fingerprint density at radius 1 is 0.333 bits per heavy atom. The van der Waals surface area contributed by atoms with Crippen LogP contribution < -0.4 is 43.2 Å². The van der Waals surface area contributed by atoms with E-state index in [0.717, 1.165) is 125 Å². The van der Waals surface area contributed by atoms with Crippen LogP contribution in [0, 0.1) is 13.8 Å². The summed E-state index contributed by atoms with van der Waals surface area (Å²) < 4.78 is 46.6. The largest absolute Gasteiger partial charge is 0.492 e. The number of ether oxygens (including phenoxy) is 8. The average Bonchev–Trinajstić information content (AvgIpc) is 3.59. The second kappa shape index (κ2) is 40.6. The van der Waals surface area contributed by atoms with Crippen molar-refractivity contribution in [2.75, 3.05) is 76.5 Å². The molecule has 10 heteroatoms. The van der Waals surface area contributed by atoms with Crippen LogP contribution in [-0.4, -0.2) is 81.4 Å². The van der Waals surface area contributed by atoms with Crippen LogP contribution in [0.1, 0.15) is 194 Å². The highest BCUT2D eigenvalue weighted by Gasteiger charge is 2.28. The molecule has 454 valence electrons. The molecule has 0 atom stereocenters. The molecular weight excluding hydrogens is 1010 g/mol. The van der Waals surface area contributed by atoms with Gasteiger partial charge in [-0.25, -0.2) is 0 Å². The maximum Gasteiger partial charge on any atom is 0.207 e. The van der Waals surface area contributed by atoms with E-state index in [-0.39, 0.29) is 0 Å². The molecule has 0 radical (unpaired) electrons. The summed E-state index contributed by atoms with van der Waals surface area (Å²) in [4.78, 5) is 2.41. The van der Waals surface area contributed by atoms with Crippen molar-refractivity contribution in [3.05, 3.63) is 127 Å². The Balaban J connectivity index is 1.93. The summed E-state index contributed by atoms with van der Waals surface area (Å²) >= 11 is 0. The van der Waals surface area contributed by atoms with E-state index in [1.807, 2.05) is 13.8 Å². The standard InChI is InChI=1S/C71H112N2O8/c1-51(2)29-21-30-52(3)31-22-32-53(4)33-23-34-54(5)35-24-36-55(6)37-25-38-56(7)39-26-40-57(8)41-27-42-58(9)43-28-44-59(10)45-47-73(50-63-61(12)65(75-14)69(79-18)71(81-20)67(63)77-16)48-46-72-49-62-60(11)64(74-13)68(78-17)70(80-19)66(62)76-15/h29,31,33,35,37,39,41,43,45,72H,21-28,30,32,34,36,38,40,42,44,46-50H2,1-20H3/b52-31+,53-33+,54-35+,55-37+,56-39+,57-41+,58-43+,59-45+. The van der Waals surface area contributed by atoms with Crippen LogP contribution in [0.3, 0.4) is 0 Å². The van der Waals surface area contributed by atoms with E-state index in [9.17, 15) is 0 Å². The first-order chi connectivity index (χ1) is 38.8. The number of hydrogen-bond donors (Lipinski definition) is 1. The topological polar surface area (TPSA) is 89.1 Å². The van der Waals surface area contributed by atoms with E-state index in [1.54, 1.807) is 56.9 Å². The van der Waals surface area contributed by atoms with E-state index in [1.165, 1.54) is 63.0 Å². The van der Waals surface area contributed by atoms with Gasteiger partial charge >= 0.3 is 0 Å². The monoisotopic (exact) mass is 1120 g/mol. The number of rotatable bonds is 41. The van der Waals surface area contributed by atoms with E-state index in [0.29, 0.717) is 65.6 Å². The van der Waals surface area contributed by atoms with Gasteiger partial charge in [0.25, 0.3) is 0 Å². The van der Waals surface area contributed by atoms with Gasteiger partial charge in [-0.05, 0) is 186 Å². The molecule has 0 saturated heterocycles. The maximum atomic E-state index is 6.01. The van der Waals surface area contributed by atoms with Gasteiger partial charge in [0, 0.05) is 55.0 Å². The fourth-order valence-corrected chi connectivity index (χ4v) is 10.1. The third kappa shape index (κ3) is 26.0. The third-order valence-corrected chi connectivity index (χ3v) is 15.3. The van der Waals surface area contributed by atoms with Crippen molar-refractivity contribution in [2.45, 2.75) is 199 Å². The van der Waals surface area contributed by atoms with Gasteiger partial charge in [-0.1, -0.05) is 105 Å². The van der Waals surface area contributed by atoms with Gasteiger partial charge < -0.3 is 43.2 Å². The quantitative estimate of drug-likeness (QED) is 0.0513. The van der Waals surface area contributed by atoms with Crippen molar-refractivity contribution in [1.82, 2.24) is 10.2 Å². The number of hydrogen-bond acceptors (Lipinski definition) is 10. The summed E-state index contributed by atoms with van der Waals surface area (Å²) in [6.07, 6.45) is 39.7. The molecule has 0 aliphatic rings. The zero-order chi connectivity index (χ0) is 60.3. The van der Waals surface area contributed by atoms with Crippen molar-refractivity contribution in [1.29, 1.82) is 0 Å². The summed E-state index contributed by atoms with van der Waals surface area (Å²) in [5, 5.41) is 3.67. The van der Waals surface area contributed by atoms with Crippen molar-refractivity contribution in [3.63, 3.8) is 0 Å². The summed E-state index contributed by atoms with van der Waals surface area (Å²) in [6.45, 7) is 30.0. The molecule has 2 aromatic rings. The average molecular weight is 1120 g/mol. The van der Waals surface area contributed by atoms with E-state index < -0.39 is 0 Å². The van der Waals surface area contributed by atoms with Gasteiger partial charge in [0.2, 0.25) is 23.0 Å². The molecule has 0 saturated carbocycles. The molecule has 1 N–H and O–H groups in total. The van der Waals surface area contributed by atoms with Gasteiger partial charge in [0.1, 0.15) is 0 Å². The molecular formula is C71H112N2O8. The van der Waals surface area contributed by atoms with Crippen LogP contribution in [0.4, 0.5) is 0 Å². The molecule has 0 fully saturated rings. The van der Waals surface area contributed by atoms with Crippen LogP contribution in [0.15, 0.2) is 105 Å². The number of nitrogens with one attached hydrogen (secondary N) is 1. The first-order valence-corrected chi connectivity index (χ1v) is 29.9. The predicted molar refractivity (Wildman–Crippen MR) is 345 cm³/mol. The Morgan fingerprint density at radius 3 is 0.889 bits per heavy atom. The highest BCUT2D eigenvalue weighted by atomic mass is 16.6. The number of benzene rings is 2. The normalized spacial score (nSPS) is 13.2. The molecule has 0 amide bonds. The zero-order valence-corrected chi connectivity index (χ0v) is 54.8. The highest BCUT2D eigenvalue weighted by molar-refractivity contribution is 5.68. The summed E-state index contributed by atoms with van der Waals surface area (Å²) in [5.41, 5.74) is 17.0. The molecule has 2 rings (SSSR count). The lowest BCUT2D eigenvalue weighted by Crippen LogP contribution is -2.32. The summed E-state index contributed by atoms with van der Waals surface area (Å²) in [5.74, 6) is 4.54. The smallest absolute Gasteiger partial charge is 0.207 e. The predicted octanol–water partition coefficient (Wildman–Crippen LogP) is 18.7. The fourth-order valence-electron chi connectivity index (χ4n) is 10.1. The van der Waals surface area contributed by atoms with Crippen LogP contribution >= 0.6 is 0 Å². The number of nitrogens with zero attached hydrogens (tertiary/aromatic N) is 1. The molecule has 81 heavy (non-hydrogen) atoms. The second-order valence-electron chi connectivity index (χ2n) is 22.4. The third-order valence-electron chi connectivity index (χ3n) is 15.3. The Hall–Kier alpha value is -5.58. The van der Waals surface area contributed by atoms with E-state index in [2.05, 4.69) is 134 Å². The molecule has 0 spiro atoms. The Labute approximate surface area is 494 Å². The van der Waals surface area contributed by atoms with Gasteiger partial charge in [-0.3, -0.25) is 4.90 Å². The molecule has 0 aliphatic carbocycles. The van der Waals surface area contributed by atoms with Gasteiger partial charge in [0.15, 0.2) is 23.0 Å². The molecule has 10 nitrogen and oxygen atoms in total. The molecule has 2 aromatic carbocycles. The maximum absolute atomic E-state index is 6.01. The van der Waals surface area contributed by atoms with E-state index in [4.69, 9.17) is 37.9 Å². The Bertz CT molecular complexity index is 2510. The number of methoxy groups -OCH3 is 8. The zero-order valence-electron chi connectivity index (χ0n) is 54.8. The molecule has 0 unspecified atom stereocenters. The van der Waals surface area contributed by atoms with Crippen LogP contribution in [0.2, 0.25) is 0 Å². The van der Waals surface area contributed by atoms with Crippen LogP contribution in [0.25, 0.3) is 0 Å². The first-order valence-electron chi connectivity index (χ1n) is 29.9. The molecule has 0 bridgehead atoms. The van der Waals surface area contributed by atoms with Gasteiger partial charge in [0.05, 0.1) is 56.9 Å². The molecule has 0 aromatic heterocycles. The second-order valence-corrected chi connectivity index (χ2v) is 22.4. The van der Waals surface area contributed by atoms with Gasteiger partial charge in [-0.2, -0.15) is 0 Å². The van der Waals surface area contributed by atoms with Crippen molar-refractivity contribution < 1.29 is 37.9 Å². The van der Waals surface area contributed by atoms with Crippen LogP contribution in [0.5, 0.6) is 46.0 Å². The Morgan fingerprint density at radius 2 is 0.593 bits per heavy atom. The minimum atomic E-state index is 0.503. The lowest BCUT2D eigenvalue weighted by Gasteiger charge is -2.27. The Kier molecular flexibility index (Phi) is 35.8. The minimum absolute atomic E-state index is 0.503. The van der Waals surface area contributed by atoms with Crippen molar-refractivity contribution in [3.8, 4) is 46.0 Å². The van der Waals surface area contributed by atoms with Crippen molar-refractivity contribution >= 4 is 0 Å². The highest BCUT2D eigenvalue weighted by Crippen LogP contribution is 2.51. The lowest BCUT2D eigenvalue weighted by atomic mass is 10.0. The fraction of sp³-hybridized carbons (Fsp3) is 0.577. The first kappa shape index (κ1) is 71.5. The summed E-state index contributed by atoms with van der Waals surface area (Å²) in [6, 6.07) is 0. The molecule has 0 heterocycles. The van der Waals surface area contributed by atoms with Crippen molar-refractivity contribution in [2.24, 2.45) is 0 Å². The van der Waals surface area contributed by atoms with Crippen LogP contribution in [-0.2, 0) is 13.1 Å². The molecule has 0 aliphatic heterocycles. The minimum Gasteiger partial charge on any atom is -0.492 e. The SMILES string of the molecule is COc1c(C)c(CNCCN(C/C=C(\C)CC/C=C(\C)CC/C=C(\C)CC/C=C(\C)CC/C=C(\C)CC/C=C(\C)CC/C=C(\C)CC/C=C(\C)CCC=C(C)C)Cc2c(C)c(OC)c(OC)c(OC)c2OC)c(OC)c(OC)c1OC. The lowest BCUT2D eigenvalue weighted by molar-refractivity contribution is 0.273.